The van der Waals surface area contributed by atoms with Crippen molar-refractivity contribution in [1.29, 1.82) is 0 Å². The molecule has 0 aromatic heterocycles. The Morgan fingerprint density at radius 1 is 1.11 bits per heavy atom. The van der Waals surface area contributed by atoms with E-state index >= 15 is 0 Å². The number of nitrogens with zero attached hydrogens (tertiary/aromatic N) is 3. The summed E-state index contributed by atoms with van der Waals surface area (Å²) in [7, 11) is -4.00. The van der Waals surface area contributed by atoms with Crippen molar-refractivity contribution in [3.63, 3.8) is 0 Å². The van der Waals surface area contributed by atoms with Gasteiger partial charge in [-0.2, -0.15) is 0 Å². The van der Waals surface area contributed by atoms with Gasteiger partial charge in [-0.05, 0) is 45.2 Å². The average Bonchev–Trinajstić information content (AvgIpc) is 2.80. The molecule has 0 aliphatic rings. The Morgan fingerprint density at radius 2 is 1.78 bits per heavy atom. The lowest BCUT2D eigenvalue weighted by atomic mass is 10.1. The van der Waals surface area contributed by atoms with Gasteiger partial charge >= 0.3 is 0 Å². The van der Waals surface area contributed by atoms with Crippen LogP contribution in [0.5, 0.6) is 0 Å². The van der Waals surface area contributed by atoms with Crippen LogP contribution in [0.2, 0.25) is 0 Å². The number of anilines is 1. The van der Waals surface area contributed by atoms with Crippen LogP contribution >= 0.6 is 0 Å². The molecular weight excluding hydrogens is 484 g/mol. The molecule has 2 rings (SSSR count). The van der Waals surface area contributed by atoms with E-state index in [1.807, 2.05) is 45.0 Å². The highest BCUT2D eigenvalue weighted by atomic mass is 32.2. The molecule has 2 atom stereocenters. The second-order valence-electron chi connectivity index (χ2n) is 9.00. The van der Waals surface area contributed by atoms with E-state index < -0.39 is 33.4 Å². The molecular formula is C25H34N4O6S. The summed E-state index contributed by atoms with van der Waals surface area (Å²) in [5.74, 6) is -0.970. The van der Waals surface area contributed by atoms with Crippen molar-refractivity contribution >= 4 is 33.2 Å². The van der Waals surface area contributed by atoms with Gasteiger partial charge in [-0.1, -0.05) is 42.8 Å². The summed E-state index contributed by atoms with van der Waals surface area (Å²) < 4.78 is 26.3. The fraction of sp³-hybridized carbons (Fsp3) is 0.440. The Bertz CT molecular complexity index is 1230. The van der Waals surface area contributed by atoms with E-state index in [9.17, 15) is 28.1 Å². The number of amides is 2. The van der Waals surface area contributed by atoms with Crippen LogP contribution in [0, 0.1) is 24.0 Å². The lowest BCUT2D eigenvalue weighted by Gasteiger charge is -2.32. The van der Waals surface area contributed by atoms with Crippen molar-refractivity contribution in [2.24, 2.45) is 0 Å². The standard InChI is InChI=1S/C25H34N4O6S/c1-7-19(4)26-25(31)20(5)27(15-21-10-8-9-17(2)13-21)24(30)16-28(36(6,34)35)23-14-22(29(32)33)12-11-18(23)3/h8-14,19-20H,7,15-16H2,1-6H3,(H,26,31). The Morgan fingerprint density at radius 3 is 2.33 bits per heavy atom. The van der Waals surface area contributed by atoms with Gasteiger partial charge in [0.25, 0.3) is 5.69 Å². The maximum absolute atomic E-state index is 13.6. The largest absolute Gasteiger partial charge is 0.352 e. The number of sulfonamides is 1. The molecule has 10 nitrogen and oxygen atoms in total. The Balaban J connectivity index is 2.48. The van der Waals surface area contributed by atoms with Crippen molar-refractivity contribution in [2.75, 3.05) is 17.1 Å². The van der Waals surface area contributed by atoms with E-state index in [2.05, 4.69) is 5.32 Å². The molecule has 36 heavy (non-hydrogen) atoms. The number of non-ortho nitro benzene ring substituents is 1. The molecule has 2 aromatic rings. The van der Waals surface area contributed by atoms with E-state index in [0.717, 1.165) is 27.8 Å². The van der Waals surface area contributed by atoms with Gasteiger partial charge < -0.3 is 10.2 Å². The Kier molecular flexibility index (Phi) is 9.57. The number of hydrogen-bond acceptors (Lipinski definition) is 6. The zero-order chi connectivity index (χ0) is 27.2. The van der Waals surface area contributed by atoms with Gasteiger partial charge in [0.05, 0.1) is 16.9 Å². The summed E-state index contributed by atoms with van der Waals surface area (Å²) in [6.07, 6.45) is 1.64. The van der Waals surface area contributed by atoms with Gasteiger partial charge in [-0.15, -0.1) is 0 Å². The molecule has 2 aromatic carbocycles. The molecule has 2 amide bonds. The topological polar surface area (TPSA) is 130 Å². The third-order valence-corrected chi connectivity index (χ3v) is 7.08. The summed E-state index contributed by atoms with van der Waals surface area (Å²) in [5, 5.41) is 14.2. The molecule has 0 fully saturated rings. The summed E-state index contributed by atoms with van der Waals surface area (Å²) in [6.45, 7) is 8.35. The highest BCUT2D eigenvalue weighted by Gasteiger charge is 2.31. The summed E-state index contributed by atoms with van der Waals surface area (Å²) in [4.78, 5) is 38.5. The first-order chi connectivity index (χ1) is 16.7. The van der Waals surface area contributed by atoms with Crippen molar-refractivity contribution in [3.8, 4) is 0 Å². The van der Waals surface area contributed by atoms with E-state index in [1.54, 1.807) is 13.8 Å². The third kappa shape index (κ3) is 7.51. The third-order valence-electron chi connectivity index (χ3n) is 5.96. The van der Waals surface area contributed by atoms with Crippen molar-refractivity contribution in [2.45, 2.75) is 59.7 Å². The van der Waals surface area contributed by atoms with Gasteiger partial charge in [-0.25, -0.2) is 8.42 Å². The highest BCUT2D eigenvalue weighted by Crippen LogP contribution is 2.28. The minimum Gasteiger partial charge on any atom is -0.352 e. The second-order valence-corrected chi connectivity index (χ2v) is 10.9. The number of hydrogen-bond donors (Lipinski definition) is 1. The number of benzene rings is 2. The number of carbonyl (C=O) groups excluding carboxylic acids is 2. The van der Waals surface area contributed by atoms with Crippen LogP contribution in [0.15, 0.2) is 42.5 Å². The fourth-order valence-electron chi connectivity index (χ4n) is 3.63. The van der Waals surface area contributed by atoms with Gasteiger partial charge in [0, 0.05) is 24.7 Å². The molecule has 0 aliphatic carbocycles. The van der Waals surface area contributed by atoms with Crippen LogP contribution < -0.4 is 9.62 Å². The zero-order valence-electron chi connectivity index (χ0n) is 21.5. The molecule has 1 N–H and O–H groups in total. The van der Waals surface area contributed by atoms with Gasteiger partial charge in [0.2, 0.25) is 21.8 Å². The van der Waals surface area contributed by atoms with Crippen LogP contribution in [-0.2, 0) is 26.2 Å². The molecule has 2 unspecified atom stereocenters. The summed E-state index contributed by atoms with van der Waals surface area (Å²) in [6, 6.07) is 10.3. The van der Waals surface area contributed by atoms with Gasteiger partial charge in [0.15, 0.2) is 0 Å². The van der Waals surface area contributed by atoms with E-state index in [0.29, 0.717) is 12.0 Å². The zero-order valence-corrected chi connectivity index (χ0v) is 22.3. The number of nitrogens with one attached hydrogen (secondary N) is 1. The van der Waals surface area contributed by atoms with Crippen LogP contribution in [0.3, 0.4) is 0 Å². The number of rotatable bonds is 11. The lowest BCUT2D eigenvalue weighted by Crippen LogP contribution is -2.52. The molecule has 0 aliphatic heterocycles. The second kappa shape index (κ2) is 12.0. The number of nitro groups is 1. The highest BCUT2D eigenvalue weighted by molar-refractivity contribution is 7.92. The monoisotopic (exact) mass is 518 g/mol. The van der Waals surface area contributed by atoms with Crippen molar-refractivity contribution in [1.82, 2.24) is 10.2 Å². The van der Waals surface area contributed by atoms with E-state index in [1.165, 1.54) is 17.0 Å². The summed E-state index contributed by atoms with van der Waals surface area (Å²) >= 11 is 0. The predicted molar refractivity (Wildman–Crippen MR) is 139 cm³/mol. The molecule has 0 bridgehead atoms. The normalized spacial score (nSPS) is 12.9. The molecule has 0 radical (unpaired) electrons. The van der Waals surface area contributed by atoms with Crippen molar-refractivity contribution < 1.29 is 22.9 Å². The maximum atomic E-state index is 13.6. The number of carbonyl (C=O) groups is 2. The average molecular weight is 519 g/mol. The molecule has 0 saturated heterocycles. The number of nitro benzene ring substituents is 1. The maximum Gasteiger partial charge on any atom is 0.271 e. The Hall–Kier alpha value is -3.47. The molecule has 11 heteroatoms. The SMILES string of the molecule is CCC(C)NC(=O)C(C)N(Cc1cccc(C)c1)C(=O)CN(c1cc([N+](=O)[O-])ccc1C)S(C)(=O)=O. The minimum absolute atomic E-state index is 0.0345. The smallest absolute Gasteiger partial charge is 0.271 e. The Labute approximate surface area is 212 Å². The molecule has 0 saturated carbocycles. The molecule has 0 heterocycles. The van der Waals surface area contributed by atoms with Crippen LogP contribution in [0.1, 0.15) is 43.9 Å². The first-order valence-corrected chi connectivity index (χ1v) is 13.5. The fourth-order valence-corrected chi connectivity index (χ4v) is 4.53. The van der Waals surface area contributed by atoms with E-state index in [-0.39, 0.29) is 29.9 Å². The first-order valence-electron chi connectivity index (χ1n) is 11.6. The quantitative estimate of drug-likeness (QED) is 0.359. The molecule has 0 spiro atoms. The predicted octanol–water partition coefficient (Wildman–Crippen LogP) is 3.31. The van der Waals surface area contributed by atoms with E-state index in [4.69, 9.17) is 0 Å². The van der Waals surface area contributed by atoms with Crippen molar-refractivity contribution in [3.05, 3.63) is 69.3 Å². The van der Waals surface area contributed by atoms with Crippen LogP contribution in [-0.4, -0.2) is 54.9 Å². The van der Waals surface area contributed by atoms with Gasteiger partial charge in [-0.3, -0.25) is 24.0 Å². The van der Waals surface area contributed by atoms with Gasteiger partial charge in [0.1, 0.15) is 12.6 Å². The van der Waals surface area contributed by atoms with Crippen LogP contribution in [0.25, 0.3) is 0 Å². The first kappa shape index (κ1) is 28.8. The molecule has 196 valence electrons. The summed E-state index contributed by atoms with van der Waals surface area (Å²) in [5.41, 5.74) is 1.94. The number of aryl methyl sites for hydroxylation is 2. The minimum atomic E-state index is -4.00. The lowest BCUT2D eigenvalue weighted by molar-refractivity contribution is -0.384. The van der Waals surface area contributed by atoms with Crippen LogP contribution in [0.4, 0.5) is 11.4 Å².